The Morgan fingerprint density at radius 3 is 2.44 bits per heavy atom. The minimum atomic E-state index is -4.84. The number of nitrogens with one attached hydrogen (secondary N) is 2. The van der Waals surface area contributed by atoms with Crippen molar-refractivity contribution in [2.75, 3.05) is 4.72 Å². The maximum absolute atomic E-state index is 15.1. The first-order valence-corrected chi connectivity index (χ1v) is 10.4. The molecule has 4 aromatic rings. The smallest absolute Gasteiger partial charge is 0.267 e. The highest BCUT2D eigenvalue weighted by Gasteiger charge is 2.27. The van der Waals surface area contributed by atoms with E-state index in [4.69, 9.17) is 6.57 Å². The summed E-state index contributed by atoms with van der Waals surface area (Å²) in [4.78, 5) is 21.7. The number of anilines is 1. The fourth-order valence-corrected chi connectivity index (χ4v) is 4.31. The minimum Gasteiger partial charge on any atom is -0.345 e. The summed E-state index contributed by atoms with van der Waals surface area (Å²) in [5, 5.41) is 0.280. The van der Waals surface area contributed by atoms with E-state index in [1.807, 2.05) is 0 Å². The van der Waals surface area contributed by atoms with Crippen molar-refractivity contribution in [3.05, 3.63) is 94.9 Å². The highest BCUT2D eigenvalue weighted by molar-refractivity contribution is 7.92. The van der Waals surface area contributed by atoms with Crippen LogP contribution in [0.3, 0.4) is 0 Å². The molecule has 4 rings (SSSR count). The van der Waals surface area contributed by atoms with E-state index in [1.165, 1.54) is 24.5 Å². The number of rotatable bonds is 5. The molecule has 0 spiro atoms. The van der Waals surface area contributed by atoms with Crippen LogP contribution in [0.1, 0.15) is 15.9 Å². The van der Waals surface area contributed by atoms with Crippen LogP contribution in [0.2, 0.25) is 0 Å². The lowest BCUT2D eigenvalue weighted by Crippen LogP contribution is -2.18. The minimum absolute atomic E-state index is 0.0112. The highest BCUT2D eigenvalue weighted by Crippen LogP contribution is 2.28. The Hall–Kier alpha value is -4.17. The molecular formula is C21H11F3N4O3S. The van der Waals surface area contributed by atoms with E-state index in [2.05, 4.69) is 14.8 Å². The molecule has 0 bridgehead atoms. The van der Waals surface area contributed by atoms with Crippen molar-refractivity contribution in [3.8, 4) is 0 Å². The number of nitrogens with zero attached hydrogens (tertiary/aromatic N) is 2. The molecule has 0 amide bonds. The van der Waals surface area contributed by atoms with E-state index in [0.717, 1.165) is 30.3 Å². The van der Waals surface area contributed by atoms with Crippen LogP contribution in [0, 0.1) is 24.0 Å². The van der Waals surface area contributed by atoms with E-state index < -0.39 is 49.4 Å². The lowest BCUT2D eigenvalue weighted by molar-refractivity contribution is 0.103. The van der Waals surface area contributed by atoms with Crippen LogP contribution < -0.4 is 4.72 Å². The number of fused-ring (bicyclic) bond motifs is 1. The lowest BCUT2D eigenvalue weighted by atomic mass is 10.0. The number of pyridine rings is 1. The molecule has 0 fully saturated rings. The number of hydrogen-bond acceptors (Lipinski definition) is 4. The molecule has 0 saturated carbocycles. The molecule has 0 saturated heterocycles. The van der Waals surface area contributed by atoms with Gasteiger partial charge >= 0.3 is 0 Å². The summed E-state index contributed by atoms with van der Waals surface area (Å²) in [6.07, 6.45) is 2.59. The van der Waals surface area contributed by atoms with Gasteiger partial charge in [0.25, 0.3) is 10.0 Å². The second-order valence-corrected chi connectivity index (χ2v) is 8.18. The summed E-state index contributed by atoms with van der Waals surface area (Å²) in [6.45, 7) is 7.07. The Morgan fingerprint density at radius 1 is 1.06 bits per heavy atom. The lowest BCUT2D eigenvalue weighted by Gasteiger charge is -2.12. The van der Waals surface area contributed by atoms with Crippen molar-refractivity contribution >= 4 is 38.2 Å². The zero-order valence-corrected chi connectivity index (χ0v) is 16.7. The number of benzene rings is 2. The standard InChI is InChI=1S/C21H11F3N4O3S/c1-25-11-8-13-14(10-27-21(13)26-9-11)19(29)12-4-2-7-17(18(12)24)28-32(30,31)20-15(22)5-3-6-16(20)23/h2-10,28H,(H,26,27). The van der Waals surface area contributed by atoms with Gasteiger partial charge in [0, 0.05) is 23.3 Å². The van der Waals surface area contributed by atoms with Crippen LogP contribution in [0.25, 0.3) is 15.9 Å². The fourth-order valence-electron chi connectivity index (χ4n) is 3.11. The third-order valence-corrected chi connectivity index (χ3v) is 5.98. The normalized spacial score (nSPS) is 11.3. The Kier molecular flexibility index (Phi) is 5.15. The van der Waals surface area contributed by atoms with Crippen molar-refractivity contribution < 1.29 is 26.4 Å². The second-order valence-electron chi connectivity index (χ2n) is 6.56. The Morgan fingerprint density at radius 2 is 1.75 bits per heavy atom. The van der Waals surface area contributed by atoms with Crippen molar-refractivity contribution in [3.63, 3.8) is 0 Å². The molecule has 0 aliphatic carbocycles. The van der Waals surface area contributed by atoms with Crippen molar-refractivity contribution in [2.45, 2.75) is 4.90 Å². The van der Waals surface area contributed by atoms with E-state index >= 15 is 4.39 Å². The zero-order chi connectivity index (χ0) is 23.0. The Balaban J connectivity index is 1.75. The van der Waals surface area contributed by atoms with E-state index in [0.29, 0.717) is 5.65 Å². The molecule has 32 heavy (non-hydrogen) atoms. The number of sulfonamides is 1. The Bertz CT molecular complexity index is 1520. The largest absolute Gasteiger partial charge is 0.345 e. The van der Waals surface area contributed by atoms with Crippen LogP contribution in [0.15, 0.2) is 59.8 Å². The average Bonchev–Trinajstić information content (AvgIpc) is 3.17. The summed E-state index contributed by atoms with van der Waals surface area (Å²) in [6, 6.07) is 7.24. The van der Waals surface area contributed by atoms with Gasteiger partial charge in [-0.15, -0.1) is 0 Å². The number of halogens is 3. The molecular weight excluding hydrogens is 445 g/mol. The number of aromatic amines is 1. The van der Waals surface area contributed by atoms with Gasteiger partial charge in [-0.2, -0.15) is 0 Å². The van der Waals surface area contributed by atoms with Crippen LogP contribution in [-0.4, -0.2) is 24.2 Å². The highest BCUT2D eigenvalue weighted by atomic mass is 32.2. The Labute approximate surface area is 179 Å². The summed E-state index contributed by atoms with van der Waals surface area (Å²) in [5.41, 5.74) is -0.684. The molecule has 0 atom stereocenters. The van der Waals surface area contributed by atoms with Gasteiger partial charge in [0.15, 0.2) is 16.5 Å². The van der Waals surface area contributed by atoms with Gasteiger partial charge in [-0.25, -0.2) is 26.4 Å². The molecule has 7 nitrogen and oxygen atoms in total. The average molecular weight is 456 g/mol. The number of H-pyrrole nitrogens is 1. The molecule has 0 unspecified atom stereocenters. The number of hydrogen-bond donors (Lipinski definition) is 2. The number of carbonyl (C=O) groups excluding carboxylic acids is 1. The molecule has 2 heterocycles. The van der Waals surface area contributed by atoms with Gasteiger partial charge in [0.05, 0.1) is 17.8 Å². The summed E-state index contributed by atoms with van der Waals surface area (Å²) in [7, 11) is -4.84. The van der Waals surface area contributed by atoms with Gasteiger partial charge in [0.2, 0.25) is 5.69 Å². The molecule has 0 aliphatic rings. The van der Waals surface area contributed by atoms with Crippen LogP contribution in [0.4, 0.5) is 24.5 Å². The summed E-state index contributed by atoms with van der Waals surface area (Å²) < 4.78 is 69.6. The second kappa shape index (κ2) is 7.82. The van der Waals surface area contributed by atoms with Gasteiger partial charge < -0.3 is 4.98 Å². The van der Waals surface area contributed by atoms with Crippen molar-refractivity contribution in [2.24, 2.45) is 0 Å². The fraction of sp³-hybridized carbons (Fsp3) is 0. The molecule has 2 N–H and O–H groups in total. The molecule has 11 heteroatoms. The number of ketones is 1. The predicted octanol–water partition coefficient (Wildman–Crippen LogP) is 4.56. The molecule has 2 aromatic heterocycles. The summed E-state index contributed by atoms with van der Waals surface area (Å²) >= 11 is 0. The van der Waals surface area contributed by atoms with E-state index in [-0.39, 0.29) is 16.6 Å². The summed E-state index contributed by atoms with van der Waals surface area (Å²) in [5.74, 6) is -4.75. The molecule has 160 valence electrons. The predicted molar refractivity (Wildman–Crippen MR) is 109 cm³/mol. The topological polar surface area (TPSA) is 96.3 Å². The first-order valence-electron chi connectivity index (χ1n) is 8.87. The third kappa shape index (κ3) is 3.57. The van der Waals surface area contributed by atoms with Gasteiger partial charge in [-0.1, -0.05) is 12.1 Å². The van der Waals surface area contributed by atoms with E-state index in [1.54, 1.807) is 4.72 Å². The van der Waals surface area contributed by atoms with Crippen molar-refractivity contribution in [1.29, 1.82) is 0 Å². The first-order chi connectivity index (χ1) is 15.2. The maximum Gasteiger partial charge on any atom is 0.267 e. The molecule has 0 aliphatic heterocycles. The van der Waals surface area contributed by atoms with Crippen LogP contribution in [0.5, 0.6) is 0 Å². The van der Waals surface area contributed by atoms with Gasteiger partial charge in [-0.3, -0.25) is 14.5 Å². The van der Waals surface area contributed by atoms with Crippen LogP contribution >= 0.6 is 0 Å². The number of carbonyl (C=O) groups is 1. The molecule has 2 aromatic carbocycles. The molecule has 0 radical (unpaired) electrons. The van der Waals surface area contributed by atoms with Crippen molar-refractivity contribution in [1.82, 2.24) is 9.97 Å². The number of aromatic nitrogens is 2. The maximum atomic E-state index is 15.1. The van der Waals surface area contributed by atoms with Gasteiger partial charge in [-0.05, 0) is 30.3 Å². The zero-order valence-electron chi connectivity index (χ0n) is 15.9. The quantitative estimate of drug-likeness (QED) is 0.340. The SMILES string of the molecule is [C-]#[N+]c1cnc2[nH]cc(C(=O)c3cccc(NS(=O)(=O)c4c(F)cccc4F)c3F)c2c1. The van der Waals surface area contributed by atoms with Gasteiger partial charge in [0.1, 0.15) is 17.3 Å². The third-order valence-electron chi connectivity index (χ3n) is 4.57. The van der Waals surface area contributed by atoms with E-state index in [9.17, 15) is 22.0 Å². The van der Waals surface area contributed by atoms with Crippen LogP contribution in [-0.2, 0) is 10.0 Å². The first kappa shape index (κ1) is 21.1. The monoisotopic (exact) mass is 456 g/mol.